The first-order chi connectivity index (χ1) is 12.8. The summed E-state index contributed by atoms with van der Waals surface area (Å²) in [5.74, 6) is 0.373. The Labute approximate surface area is 173 Å². The van der Waals surface area contributed by atoms with Gasteiger partial charge in [-0.05, 0) is 63.6 Å². The summed E-state index contributed by atoms with van der Waals surface area (Å²) in [5, 5.41) is 0.190. The van der Waals surface area contributed by atoms with Crippen molar-refractivity contribution < 1.29 is 18.7 Å². The topological polar surface area (TPSA) is 44.8 Å². The van der Waals surface area contributed by atoms with E-state index in [-0.39, 0.29) is 22.7 Å². The van der Waals surface area contributed by atoms with Crippen LogP contribution in [0.5, 0.6) is 0 Å². The highest BCUT2D eigenvalue weighted by Gasteiger charge is 2.54. The molecular formula is C23H42O4Si. The number of carbonyl (C=O) groups excluding carboxylic acids is 1. The summed E-state index contributed by atoms with van der Waals surface area (Å²) >= 11 is 0. The molecular weight excluding hydrogens is 368 g/mol. The molecule has 0 aromatic heterocycles. The zero-order chi connectivity index (χ0) is 20.8. The van der Waals surface area contributed by atoms with E-state index in [0.29, 0.717) is 24.7 Å². The van der Waals surface area contributed by atoms with Crippen molar-refractivity contribution in [2.45, 2.75) is 122 Å². The smallest absolute Gasteiger partial charge is 0.192 e. The van der Waals surface area contributed by atoms with Crippen LogP contribution in [0, 0.1) is 11.3 Å². The molecule has 4 atom stereocenters. The van der Waals surface area contributed by atoms with E-state index in [1.807, 2.05) is 13.8 Å². The van der Waals surface area contributed by atoms with Gasteiger partial charge in [0.15, 0.2) is 14.1 Å². The van der Waals surface area contributed by atoms with Gasteiger partial charge in [-0.2, -0.15) is 0 Å². The molecule has 2 aliphatic carbocycles. The van der Waals surface area contributed by atoms with Gasteiger partial charge in [-0.25, -0.2) is 0 Å². The number of carbonyl (C=O) groups is 1. The quantitative estimate of drug-likeness (QED) is 0.545. The van der Waals surface area contributed by atoms with E-state index in [4.69, 9.17) is 13.9 Å². The molecule has 28 heavy (non-hydrogen) atoms. The standard InChI is InChI=1S/C23H42O4Si/c1-21(2,3)28(6,7)27-20-11-9-8-10-17-14-18(24)12-13-23(17,20)15-19-16-25-22(4,5)26-19/h17,19-20H,8-16H2,1-7H3/t17-,19-,20+,23-/m0/s1. The minimum absolute atomic E-state index is 0.0500. The third-order valence-electron chi connectivity index (χ3n) is 7.98. The molecule has 0 bridgehead atoms. The Morgan fingerprint density at radius 2 is 1.86 bits per heavy atom. The van der Waals surface area contributed by atoms with E-state index in [2.05, 4.69) is 33.9 Å². The van der Waals surface area contributed by atoms with Crippen molar-refractivity contribution >= 4 is 14.1 Å². The van der Waals surface area contributed by atoms with Crippen LogP contribution in [0.4, 0.5) is 0 Å². The zero-order valence-electron chi connectivity index (χ0n) is 19.2. The monoisotopic (exact) mass is 410 g/mol. The Kier molecular flexibility index (Phi) is 6.25. The second kappa shape index (κ2) is 7.79. The Balaban J connectivity index is 1.91. The SMILES string of the molecule is CC1(C)OC[C@H](C[C@@]23CCC(=O)C[C@@H]2CCCC[C@H]3O[Si](C)(C)C(C)(C)C)O1. The normalized spacial score (nSPS) is 36.8. The number of hydrogen-bond acceptors (Lipinski definition) is 4. The average molecular weight is 411 g/mol. The molecule has 5 heteroatoms. The van der Waals surface area contributed by atoms with Crippen molar-refractivity contribution in [3.8, 4) is 0 Å². The molecule has 0 aromatic carbocycles. The summed E-state index contributed by atoms with van der Waals surface area (Å²) in [6, 6.07) is 0. The second-order valence-electron chi connectivity index (χ2n) is 11.5. The first-order valence-corrected chi connectivity index (χ1v) is 14.3. The molecule has 0 amide bonds. The molecule has 1 aliphatic heterocycles. The van der Waals surface area contributed by atoms with Gasteiger partial charge >= 0.3 is 0 Å². The maximum atomic E-state index is 12.4. The molecule has 3 rings (SSSR count). The van der Waals surface area contributed by atoms with Gasteiger partial charge in [0, 0.05) is 18.3 Å². The van der Waals surface area contributed by atoms with Crippen LogP contribution in [0.3, 0.4) is 0 Å². The molecule has 0 radical (unpaired) electrons. The Morgan fingerprint density at radius 3 is 2.46 bits per heavy atom. The maximum absolute atomic E-state index is 12.4. The summed E-state index contributed by atoms with van der Waals surface area (Å²) in [6.07, 6.45) is 8.39. The van der Waals surface area contributed by atoms with E-state index < -0.39 is 14.1 Å². The Hall–Kier alpha value is -0.233. The fourth-order valence-corrected chi connectivity index (χ4v) is 6.79. The lowest BCUT2D eigenvalue weighted by atomic mass is 9.59. The zero-order valence-corrected chi connectivity index (χ0v) is 20.2. The summed E-state index contributed by atoms with van der Waals surface area (Å²) in [4.78, 5) is 12.4. The van der Waals surface area contributed by atoms with Crippen LogP contribution in [0.25, 0.3) is 0 Å². The molecule has 1 heterocycles. The molecule has 3 aliphatic rings. The summed E-state index contributed by atoms with van der Waals surface area (Å²) in [6.45, 7) is 16.4. The van der Waals surface area contributed by atoms with Crippen LogP contribution in [0.15, 0.2) is 0 Å². The lowest BCUT2D eigenvalue weighted by molar-refractivity contribution is -0.152. The van der Waals surface area contributed by atoms with Crippen LogP contribution in [-0.2, 0) is 18.7 Å². The van der Waals surface area contributed by atoms with Crippen molar-refractivity contribution in [1.29, 1.82) is 0 Å². The molecule has 1 saturated heterocycles. The van der Waals surface area contributed by atoms with Crippen LogP contribution in [0.2, 0.25) is 18.1 Å². The largest absolute Gasteiger partial charge is 0.413 e. The van der Waals surface area contributed by atoms with Crippen LogP contribution in [0.1, 0.15) is 86.0 Å². The summed E-state index contributed by atoms with van der Waals surface area (Å²) in [5.41, 5.74) is 0.0500. The van der Waals surface area contributed by atoms with Gasteiger partial charge in [0.05, 0.1) is 18.8 Å². The highest BCUT2D eigenvalue weighted by molar-refractivity contribution is 6.74. The third kappa shape index (κ3) is 4.58. The minimum Gasteiger partial charge on any atom is -0.413 e. The predicted molar refractivity (Wildman–Crippen MR) is 115 cm³/mol. The molecule has 0 spiro atoms. The minimum atomic E-state index is -1.90. The van der Waals surface area contributed by atoms with Crippen molar-refractivity contribution in [1.82, 2.24) is 0 Å². The van der Waals surface area contributed by atoms with Crippen molar-refractivity contribution in [2.75, 3.05) is 6.61 Å². The van der Waals surface area contributed by atoms with Gasteiger partial charge in [-0.3, -0.25) is 4.79 Å². The molecule has 0 N–H and O–H groups in total. The second-order valence-corrected chi connectivity index (χ2v) is 16.2. The predicted octanol–water partition coefficient (Wildman–Crippen LogP) is 5.85. The lowest BCUT2D eigenvalue weighted by Gasteiger charge is -2.52. The van der Waals surface area contributed by atoms with E-state index >= 15 is 0 Å². The van der Waals surface area contributed by atoms with Crippen molar-refractivity contribution in [3.05, 3.63) is 0 Å². The van der Waals surface area contributed by atoms with Crippen LogP contribution in [-0.4, -0.2) is 38.7 Å². The molecule has 0 unspecified atom stereocenters. The third-order valence-corrected chi connectivity index (χ3v) is 12.5. The van der Waals surface area contributed by atoms with Crippen molar-refractivity contribution in [3.63, 3.8) is 0 Å². The highest BCUT2D eigenvalue weighted by atomic mass is 28.4. The number of Topliss-reactive ketones (excluding diaryl/α,β-unsaturated/α-hetero) is 1. The maximum Gasteiger partial charge on any atom is 0.192 e. The number of ether oxygens (including phenoxy) is 2. The van der Waals surface area contributed by atoms with Crippen LogP contribution < -0.4 is 0 Å². The number of hydrogen-bond donors (Lipinski definition) is 0. The van der Waals surface area contributed by atoms with Crippen molar-refractivity contribution in [2.24, 2.45) is 11.3 Å². The van der Waals surface area contributed by atoms with E-state index in [0.717, 1.165) is 32.1 Å². The van der Waals surface area contributed by atoms with Gasteiger partial charge in [-0.15, -0.1) is 0 Å². The fourth-order valence-electron chi connectivity index (χ4n) is 5.37. The van der Waals surface area contributed by atoms with E-state index in [1.54, 1.807) is 0 Å². The Morgan fingerprint density at radius 1 is 1.18 bits per heavy atom. The summed E-state index contributed by atoms with van der Waals surface area (Å²) in [7, 11) is -1.90. The van der Waals surface area contributed by atoms with Gasteiger partial charge < -0.3 is 13.9 Å². The van der Waals surface area contributed by atoms with E-state index in [1.165, 1.54) is 12.8 Å². The van der Waals surface area contributed by atoms with Gasteiger partial charge in [0.25, 0.3) is 0 Å². The number of ketones is 1. The number of fused-ring (bicyclic) bond motifs is 1. The van der Waals surface area contributed by atoms with Gasteiger partial charge in [-0.1, -0.05) is 33.6 Å². The average Bonchev–Trinajstić information content (AvgIpc) is 2.80. The van der Waals surface area contributed by atoms with Crippen LogP contribution >= 0.6 is 0 Å². The highest BCUT2D eigenvalue weighted by Crippen LogP contribution is 2.55. The molecule has 2 saturated carbocycles. The first kappa shape index (κ1) is 22.5. The van der Waals surface area contributed by atoms with E-state index in [9.17, 15) is 4.79 Å². The molecule has 0 aromatic rings. The lowest BCUT2D eigenvalue weighted by Crippen LogP contribution is -2.54. The number of rotatable bonds is 4. The molecule has 4 nitrogen and oxygen atoms in total. The van der Waals surface area contributed by atoms with Gasteiger partial charge in [0.2, 0.25) is 0 Å². The van der Waals surface area contributed by atoms with Gasteiger partial charge in [0.1, 0.15) is 5.78 Å². The summed E-state index contributed by atoms with van der Waals surface area (Å²) < 4.78 is 19.3. The first-order valence-electron chi connectivity index (χ1n) is 11.4. The fraction of sp³-hybridized carbons (Fsp3) is 0.957. The molecule has 3 fully saturated rings. The Bertz CT molecular complexity index is 580. The molecule has 162 valence electrons.